The summed E-state index contributed by atoms with van der Waals surface area (Å²) in [4.78, 5) is 6.65. The van der Waals surface area contributed by atoms with Crippen molar-refractivity contribution < 1.29 is 4.39 Å². The molecule has 0 atom stereocenters. The third-order valence-electron chi connectivity index (χ3n) is 5.15. The first-order valence-corrected chi connectivity index (χ1v) is 9.03. The molecule has 0 radical (unpaired) electrons. The zero-order valence-electron chi connectivity index (χ0n) is 15.1. The lowest BCUT2D eigenvalue weighted by molar-refractivity contribution is 0.270. The quantitative estimate of drug-likeness (QED) is 0.548. The number of halogens is 1. The molecule has 134 valence electrons. The Morgan fingerprint density at radius 3 is 2.78 bits per heavy atom. The Kier molecular flexibility index (Phi) is 3.76. The Hall–Kier alpha value is -3.05. The number of rotatable bonds is 3. The van der Waals surface area contributed by atoms with Crippen LogP contribution in [0.1, 0.15) is 16.8 Å². The lowest BCUT2D eigenvalue weighted by atomic mass is 10.0. The van der Waals surface area contributed by atoms with Gasteiger partial charge in [0.1, 0.15) is 5.82 Å². The van der Waals surface area contributed by atoms with Crippen LogP contribution in [-0.2, 0) is 26.7 Å². The first-order chi connectivity index (χ1) is 13.2. The summed E-state index contributed by atoms with van der Waals surface area (Å²) in [5.74, 6) is -0.165. The number of aryl methyl sites for hydroxylation is 1. The number of hydrogen-bond donors (Lipinski definition) is 0. The van der Waals surface area contributed by atoms with Crippen LogP contribution < -0.4 is 0 Å². The molecule has 5 heteroatoms. The zero-order valence-corrected chi connectivity index (χ0v) is 15.1. The van der Waals surface area contributed by atoms with Gasteiger partial charge < -0.3 is 0 Å². The number of fused-ring (bicyclic) bond motifs is 2. The summed E-state index contributed by atoms with van der Waals surface area (Å²) in [6.45, 7) is 2.15. The van der Waals surface area contributed by atoms with E-state index in [1.807, 2.05) is 42.3 Å². The molecule has 1 aliphatic heterocycles. The maximum absolute atomic E-state index is 14.5. The van der Waals surface area contributed by atoms with E-state index in [0.29, 0.717) is 12.1 Å². The number of pyridine rings is 1. The molecule has 2 aromatic carbocycles. The highest BCUT2D eigenvalue weighted by Gasteiger charge is 2.20. The second-order valence-corrected chi connectivity index (χ2v) is 7.14. The van der Waals surface area contributed by atoms with Crippen LogP contribution in [0.25, 0.3) is 22.0 Å². The molecule has 3 heterocycles. The second kappa shape index (κ2) is 6.28. The van der Waals surface area contributed by atoms with Gasteiger partial charge in [0.15, 0.2) is 0 Å². The number of aromatic nitrogens is 3. The normalized spacial score (nSPS) is 14.0. The molecule has 0 N–H and O–H groups in total. The summed E-state index contributed by atoms with van der Waals surface area (Å²) in [7, 11) is 1.92. The molecule has 0 saturated heterocycles. The van der Waals surface area contributed by atoms with Crippen LogP contribution in [0.3, 0.4) is 0 Å². The van der Waals surface area contributed by atoms with Gasteiger partial charge in [0, 0.05) is 50.0 Å². The third kappa shape index (κ3) is 3.00. The molecule has 27 heavy (non-hydrogen) atoms. The van der Waals surface area contributed by atoms with Gasteiger partial charge in [-0.05, 0) is 41.0 Å². The van der Waals surface area contributed by atoms with Gasteiger partial charge in [-0.2, -0.15) is 5.10 Å². The van der Waals surface area contributed by atoms with Crippen LogP contribution in [0.2, 0.25) is 0 Å². The van der Waals surface area contributed by atoms with Gasteiger partial charge in [0.05, 0.1) is 11.2 Å². The molecule has 4 nitrogen and oxygen atoms in total. The maximum Gasteiger partial charge on any atom is 0.127 e. The van der Waals surface area contributed by atoms with Crippen LogP contribution in [-0.4, -0.2) is 19.7 Å². The average molecular weight is 358 g/mol. The summed E-state index contributed by atoms with van der Waals surface area (Å²) in [5, 5.41) is 5.58. The summed E-state index contributed by atoms with van der Waals surface area (Å²) in [6, 6.07) is 15.6. The van der Waals surface area contributed by atoms with Crippen LogP contribution in [0, 0.1) is 5.82 Å². The average Bonchev–Trinajstić information content (AvgIpc) is 3.24. The summed E-state index contributed by atoms with van der Waals surface area (Å²) >= 11 is 0. The van der Waals surface area contributed by atoms with Crippen molar-refractivity contribution in [3.8, 4) is 11.1 Å². The van der Waals surface area contributed by atoms with E-state index in [-0.39, 0.29) is 5.82 Å². The van der Waals surface area contributed by atoms with Gasteiger partial charge in [-0.3, -0.25) is 14.6 Å². The van der Waals surface area contributed by atoms with E-state index in [0.717, 1.165) is 40.8 Å². The van der Waals surface area contributed by atoms with Gasteiger partial charge in [-0.25, -0.2) is 4.39 Å². The lowest BCUT2D eigenvalue weighted by Gasteiger charge is -2.16. The fourth-order valence-electron chi connectivity index (χ4n) is 3.81. The standard InChI is InChI=1S/C22H19FN4/c1-26-11-18-5-4-16(10-21(18)25-26)15-6-7-20(23)19(9-15)13-27-12-17-3-2-8-24-22(17)14-27/h2-11H,12-14H2,1H3. The molecule has 0 fully saturated rings. The Bertz CT molecular complexity index is 1120. The van der Waals surface area contributed by atoms with Gasteiger partial charge >= 0.3 is 0 Å². The van der Waals surface area contributed by atoms with E-state index in [4.69, 9.17) is 0 Å². The molecule has 0 saturated carbocycles. The molecule has 5 rings (SSSR count). The van der Waals surface area contributed by atoms with E-state index in [1.165, 1.54) is 5.56 Å². The number of benzene rings is 2. The fourth-order valence-corrected chi connectivity index (χ4v) is 3.81. The molecule has 4 aromatic rings. The van der Waals surface area contributed by atoms with E-state index >= 15 is 0 Å². The minimum Gasteiger partial charge on any atom is -0.289 e. The van der Waals surface area contributed by atoms with E-state index in [2.05, 4.69) is 39.2 Å². The van der Waals surface area contributed by atoms with Crippen molar-refractivity contribution in [2.24, 2.45) is 7.05 Å². The highest BCUT2D eigenvalue weighted by atomic mass is 19.1. The molecule has 0 aliphatic carbocycles. The van der Waals surface area contributed by atoms with E-state index in [1.54, 1.807) is 6.07 Å². The predicted molar refractivity (Wildman–Crippen MR) is 103 cm³/mol. The second-order valence-electron chi connectivity index (χ2n) is 7.14. The molecule has 0 amide bonds. The topological polar surface area (TPSA) is 34.0 Å². The van der Waals surface area contributed by atoms with Gasteiger partial charge in [0.25, 0.3) is 0 Å². The Balaban J connectivity index is 1.44. The van der Waals surface area contributed by atoms with Crippen molar-refractivity contribution in [1.29, 1.82) is 0 Å². The van der Waals surface area contributed by atoms with Crippen LogP contribution in [0.15, 0.2) is 60.9 Å². The predicted octanol–water partition coefficient (Wildman–Crippen LogP) is 4.29. The van der Waals surface area contributed by atoms with Crippen molar-refractivity contribution in [1.82, 2.24) is 19.7 Å². The van der Waals surface area contributed by atoms with Crippen LogP contribution in [0.4, 0.5) is 4.39 Å². The minimum absolute atomic E-state index is 0.165. The monoisotopic (exact) mass is 358 g/mol. The Labute approximate surface area is 156 Å². The van der Waals surface area contributed by atoms with E-state index in [9.17, 15) is 4.39 Å². The summed E-state index contributed by atoms with van der Waals surface area (Å²) in [5.41, 5.74) is 6.04. The number of nitrogens with zero attached hydrogens (tertiary/aromatic N) is 4. The molecule has 1 aliphatic rings. The molecule has 2 aromatic heterocycles. The smallest absolute Gasteiger partial charge is 0.127 e. The van der Waals surface area contributed by atoms with Gasteiger partial charge in [0.2, 0.25) is 0 Å². The van der Waals surface area contributed by atoms with E-state index < -0.39 is 0 Å². The fraction of sp³-hybridized carbons (Fsp3) is 0.182. The van der Waals surface area contributed by atoms with Crippen molar-refractivity contribution in [2.75, 3.05) is 0 Å². The third-order valence-corrected chi connectivity index (χ3v) is 5.15. The van der Waals surface area contributed by atoms with Crippen molar-refractivity contribution >= 4 is 10.9 Å². The zero-order chi connectivity index (χ0) is 18.4. The van der Waals surface area contributed by atoms with Gasteiger partial charge in [-0.1, -0.05) is 24.3 Å². The van der Waals surface area contributed by atoms with Crippen molar-refractivity contribution in [2.45, 2.75) is 19.6 Å². The van der Waals surface area contributed by atoms with Crippen molar-refractivity contribution in [3.05, 3.63) is 83.6 Å². The van der Waals surface area contributed by atoms with Crippen LogP contribution >= 0.6 is 0 Å². The summed E-state index contributed by atoms with van der Waals surface area (Å²) < 4.78 is 16.3. The van der Waals surface area contributed by atoms with Crippen molar-refractivity contribution in [3.63, 3.8) is 0 Å². The first-order valence-electron chi connectivity index (χ1n) is 9.03. The lowest BCUT2D eigenvalue weighted by Crippen LogP contribution is -2.16. The Morgan fingerprint density at radius 2 is 1.89 bits per heavy atom. The molecule has 0 spiro atoms. The molecule has 0 unspecified atom stereocenters. The van der Waals surface area contributed by atoms with Crippen LogP contribution in [0.5, 0.6) is 0 Å². The maximum atomic E-state index is 14.5. The highest BCUT2D eigenvalue weighted by Crippen LogP contribution is 2.28. The number of hydrogen-bond acceptors (Lipinski definition) is 3. The SMILES string of the molecule is Cn1cc2ccc(-c3ccc(F)c(CN4Cc5cccnc5C4)c3)cc2n1. The van der Waals surface area contributed by atoms with Gasteiger partial charge in [-0.15, -0.1) is 0 Å². The summed E-state index contributed by atoms with van der Waals surface area (Å²) in [6.07, 6.45) is 3.81. The highest BCUT2D eigenvalue weighted by molar-refractivity contribution is 5.84. The Morgan fingerprint density at radius 1 is 1.04 bits per heavy atom. The molecule has 0 bridgehead atoms. The molecular formula is C22H19FN4. The largest absolute Gasteiger partial charge is 0.289 e. The first kappa shape index (κ1) is 16.1. The minimum atomic E-state index is -0.165. The molecular weight excluding hydrogens is 339 g/mol.